The van der Waals surface area contributed by atoms with E-state index in [1.165, 1.54) is 36.0 Å². The minimum absolute atomic E-state index is 0.0261. The SMILES string of the molecule is C/C=C(/CC)CCCN(CC(=O)NCC1CC(O)C1)C(=O)/C=C(/CCCc1ccccc1)CC1CCC1. The van der Waals surface area contributed by atoms with Crippen LogP contribution in [0.15, 0.2) is 53.6 Å². The quantitative estimate of drug-likeness (QED) is 0.213. The molecule has 0 atom stereocenters. The number of carbonyl (C=O) groups is 2. The Morgan fingerprint density at radius 3 is 2.41 bits per heavy atom. The molecule has 3 rings (SSSR count). The fourth-order valence-corrected chi connectivity index (χ4v) is 5.38. The topological polar surface area (TPSA) is 69.6 Å². The van der Waals surface area contributed by atoms with Crippen molar-refractivity contribution in [3.8, 4) is 0 Å². The van der Waals surface area contributed by atoms with Crippen LogP contribution < -0.4 is 5.32 Å². The summed E-state index contributed by atoms with van der Waals surface area (Å²) in [6.07, 6.45) is 15.9. The normalized spacial score (nSPS) is 20.2. The van der Waals surface area contributed by atoms with Crippen molar-refractivity contribution in [3.05, 3.63) is 59.2 Å². The summed E-state index contributed by atoms with van der Waals surface area (Å²) in [6, 6.07) is 10.5. The third kappa shape index (κ3) is 10.5. The van der Waals surface area contributed by atoms with Crippen LogP contribution in [0.1, 0.15) is 90.0 Å². The Hall–Kier alpha value is -2.40. The van der Waals surface area contributed by atoms with Crippen molar-refractivity contribution in [2.75, 3.05) is 19.6 Å². The molecule has 0 unspecified atom stereocenters. The first-order valence-corrected chi connectivity index (χ1v) is 14.6. The van der Waals surface area contributed by atoms with Crippen LogP contribution in [0.2, 0.25) is 0 Å². The number of carbonyl (C=O) groups excluding carboxylic acids is 2. The first kappa shape index (κ1) is 29.2. The van der Waals surface area contributed by atoms with Crippen molar-refractivity contribution >= 4 is 11.8 Å². The molecule has 204 valence electrons. The van der Waals surface area contributed by atoms with Crippen molar-refractivity contribution < 1.29 is 14.7 Å². The number of allylic oxidation sites excluding steroid dienone is 3. The minimum atomic E-state index is -0.222. The number of nitrogens with one attached hydrogen (secondary N) is 1. The molecule has 1 aromatic rings. The second-order valence-corrected chi connectivity index (χ2v) is 11.1. The van der Waals surface area contributed by atoms with Crippen molar-refractivity contribution in [1.29, 1.82) is 0 Å². The summed E-state index contributed by atoms with van der Waals surface area (Å²) in [7, 11) is 0. The molecule has 2 fully saturated rings. The molecule has 5 heteroatoms. The number of hydrogen-bond acceptors (Lipinski definition) is 3. The first-order chi connectivity index (χ1) is 18.0. The fourth-order valence-electron chi connectivity index (χ4n) is 5.38. The van der Waals surface area contributed by atoms with E-state index in [9.17, 15) is 14.7 Å². The molecule has 0 saturated heterocycles. The summed E-state index contributed by atoms with van der Waals surface area (Å²) >= 11 is 0. The Morgan fingerprint density at radius 2 is 1.78 bits per heavy atom. The Kier molecular flexibility index (Phi) is 12.4. The number of nitrogens with zero attached hydrogens (tertiary/aromatic N) is 1. The van der Waals surface area contributed by atoms with Crippen LogP contribution in [-0.2, 0) is 16.0 Å². The molecule has 0 heterocycles. The number of benzene rings is 1. The molecule has 0 bridgehead atoms. The fraction of sp³-hybridized carbons (Fsp3) is 0.625. The Bertz CT molecular complexity index is 898. The van der Waals surface area contributed by atoms with Crippen LogP contribution in [0.4, 0.5) is 0 Å². The van der Waals surface area contributed by atoms with Gasteiger partial charge in [-0.3, -0.25) is 9.59 Å². The lowest BCUT2D eigenvalue weighted by molar-refractivity contribution is -0.132. The van der Waals surface area contributed by atoms with Gasteiger partial charge < -0.3 is 15.3 Å². The number of aliphatic hydroxyl groups excluding tert-OH is 1. The van der Waals surface area contributed by atoms with E-state index in [-0.39, 0.29) is 24.5 Å². The van der Waals surface area contributed by atoms with Crippen LogP contribution in [0.25, 0.3) is 0 Å². The minimum Gasteiger partial charge on any atom is -0.393 e. The number of rotatable bonds is 16. The van der Waals surface area contributed by atoms with Crippen molar-refractivity contribution in [1.82, 2.24) is 10.2 Å². The molecule has 0 aliphatic heterocycles. The molecule has 5 nitrogen and oxygen atoms in total. The van der Waals surface area contributed by atoms with E-state index >= 15 is 0 Å². The standard InChI is InChI=1S/C32H48N2O3/c1-3-25(4-2)17-10-18-34(24-31(36)33-23-29-20-30(35)21-29)32(37)22-28(19-27-14-9-15-27)16-8-13-26-11-6-5-7-12-26/h3,5-7,11-12,22,27,29-30,35H,4,8-10,13-21,23-24H2,1-2H3,(H,33,36)/b25-3-,28-22-. The monoisotopic (exact) mass is 508 g/mol. The van der Waals surface area contributed by atoms with Crippen LogP contribution in [0.3, 0.4) is 0 Å². The van der Waals surface area contributed by atoms with E-state index in [1.807, 2.05) is 12.1 Å². The highest BCUT2D eigenvalue weighted by atomic mass is 16.3. The summed E-state index contributed by atoms with van der Waals surface area (Å²) in [6.45, 7) is 5.50. The highest BCUT2D eigenvalue weighted by Crippen LogP contribution is 2.33. The number of hydrogen-bond donors (Lipinski definition) is 2. The van der Waals surface area contributed by atoms with Crippen LogP contribution in [0.5, 0.6) is 0 Å². The van der Waals surface area contributed by atoms with E-state index in [0.29, 0.717) is 24.9 Å². The van der Waals surface area contributed by atoms with Crippen molar-refractivity contribution in [2.45, 2.75) is 97.0 Å². The largest absolute Gasteiger partial charge is 0.393 e. The van der Waals surface area contributed by atoms with E-state index < -0.39 is 0 Å². The molecule has 1 aromatic carbocycles. The Labute approximate surface area is 224 Å². The van der Waals surface area contributed by atoms with E-state index in [2.05, 4.69) is 49.5 Å². The first-order valence-electron chi connectivity index (χ1n) is 14.6. The molecule has 0 spiro atoms. The summed E-state index contributed by atoms with van der Waals surface area (Å²) in [5, 5.41) is 12.5. The average molecular weight is 509 g/mol. The van der Waals surface area contributed by atoms with Gasteiger partial charge in [0.2, 0.25) is 11.8 Å². The summed E-state index contributed by atoms with van der Waals surface area (Å²) in [5.74, 6) is 0.923. The molecule has 2 aliphatic rings. The summed E-state index contributed by atoms with van der Waals surface area (Å²) in [5.41, 5.74) is 3.97. The van der Waals surface area contributed by atoms with Gasteiger partial charge in [-0.2, -0.15) is 0 Å². The van der Waals surface area contributed by atoms with E-state index in [4.69, 9.17) is 0 Å². The molecule has 0 radical (unpaired) electrons. The maximum Gasteiger partial charge on any atom is 0.246 e. The van der Waals surface area contributed by atoms with Crippen LogP contribution in [0, 0.1) is 11.8 Å². The molecule has 37 heavy (non-hydrogen) atoms. The lowest BCUT2D eigenvalue weighted by Crippen LogP contribution is -2.44. The molecule has 2 amide bonds. The van der Waals surface area contributed by atoms with Gasteiger partial charge in [0, 0.05) is 19.2 Å². The van der Waals surface area contributed by atoms with Gasteiger partial charge >= 0.3 is 0 Å². The number of aliphatic hydroxyl groups is 1. The third-order valence-corrected chi connectivity index (χ3v) is 8.14. The zero-order chi connectivity index (χ0) is 26.5. The molecule has 2 saturated carbocycles. The van der Waals surface area contributed by atoms with Gasteiger partial charge in [0.15, 0.2) is 0 Å². The van der Waals surface area contributed by atoms with E-state index in [0.717, 1.165) is 57.8 Å². The number of amides is 2. The molecule has 0 aromatic heterocycles. The van der Waals surface area contributed by atoms with Gasteiger partial charge in [0.25, 0.3) is 0 Å². The predicted octanol–water partition coefficient (Wildman–Crippen LogP) is 5.98. The van der Waals surface area contributed by atoms with Gasteiger partial charge in [-0.15, -0.1) is 0 Å². The zero-order valence-electron chi connectivity index (χ0n) is 23.1. The maximum atomic E-state index is 13.5. The van der Waals surface area contributed by atoms with Gasteiger partial charge in [-0.1, -0.05) is 73.7 Å². The van der Waals surface area contributed by atoms with Crippen molar-refractivity contribution in [3.63, 3.8) is 0 Å². The van der Waals surface area contributed by atoms with Gasteiger partial charge in [0.1, 0.15) is 0 Å². The molecule has 2 aliphatic carbocycles. The Balaban J connectivity index is 1.61. The Morgan fingerprint density at radius 1 is 1.05 bits per heavy atom. The van der Waals surface area contributed by atoms with Gasteiger partial charge in [0.05, 0.1) is 12.6 Å². The van der Waals surface area contributed by atoms with Gasteiger partial charge in [-0.05, 0) is 82.1 Å². The lowest BCUT2D eigenvalue weighted by Gasteiger charge is -2.31. The second kappa shape index (κ2) is 15.8. The van der Waals surface area contributed by atoms with Gasteiger partial charge in [-0.25, -0.2) is 0 Å². The third-order valence-electron chi connectivity index (χ3n) is 8.14. The number of aryl methyl sites for hydroxylation is 1. The summed E-state index contributed by atoms with van der Waals surface area (Å²) in [4.78, 5) is 28.0. The second-order valence-electron chi connectivity index (χ2n) is 11.1. The van der Waals surface area contributed by atoms with Crippen LogP contribution >= 0.6 is 0 Å². The molecule has 2 N–H and O–H groups in total. The average Bonchev–Trinajstić information content (AvgIpc) is 2.85. The maximum absolute atomic E-state index is 13.5. The van der Waals surface area contributed by atoms with Crippen LogP contribution in [-0.4, -0.2) is 47.6 Å². The predicted molar refractivity (Wildman–Crippen MR) is 151 cm³/mol. The summed E-state index contributed by atoms with van der Waals surface area (Å²) < 4.78 is 0. The highest BCUT2D eigenvalue weighted by Gasteiger charge is 2.27. The molecular weight excluding hydrogens is 460 g/mol. The highest BCUT2D eigenvalue weighted by molar-refractivity contribution is 5.91. The van der Waals surface area contributed by atoms with E-state index in [1.54, 1.807) is 4.90 Å². The zero-order valence-corrected chi connectivity index (χ0v) is 23.1. The smallest absolute Gasteiger partial charge is 0.246 e. The molecular formula is C32H48N2O3. The lowest BCUT2D eigenvalue weighted by atomic mass is 9.80. The van der Waals surface area contributed by atoms with Crippen molar-refractivity contribution in [2.24, 2.45) is 11.8 Å².